The van der Waals surface area contributed by atoms with Gasteiger partial charge in [-0.3, -0.25) is 0 Å². The Hall–Kier alpha value is -0.640. The van der Waals surface area contributed by atoms with Crippen molar-refractivity contribution in [2.75, 3.05) is 6.61 Å². The first kappa shape index (κ1) is 13.4. The molecule has 0 aliphatic heterocycles. The topological polar surface area (TPSA) is 32.3 Å². The Kier molecular flexibility index (Phi) is 5.74. The normalized spacial score (nSPS) is 12.8. The van der Waals surface area contributed by atoms with Gasteiger partial charge in [-0.1, -0.05) is 24.6 Å². The van der Waals surface area contributed by atoms with Crippen LogP contribution in [0, 0.1) is 5.82 Å². The van der Waals surface area contributed by atoms with Gasteiger partial charge in [-0.15, -0.1) is 0 Å². The molecule has 0 bridgehead atoms. The largest absolute Gasteiger partial charge is 0.396 e. The number of benzene rings is 1. The van der Waals surface area contributed by atoms with Gasteiger partial charge >= 0.3 is 0 Å². The lowest BCUT2D eigenvalue weighted by Gasteiger charge is -2.15. The Labute approximate surface area is 100 Å². The fraction of sp³-hybridized carbons (Fsp3) is 0.500. The summed E-state index contributed by atoms with van der Waals surface area (Å²) in [6, 6.07) is 5.05. The van der Waals surface area contributed by atoms with Gasteiger partial charge in [-0.2, -0.15) is 0 Å². The van der Waals surface area contributed by atoms with Gasteiger partial charge in [0.1, 0.15) is 5.82 Å². The summed E-state index contributed by atoms with van der Waals surface area (Å²) in [7, 11) is 0. The highest BCUT2D eigenvalue weighted by atomic mass is 35.5. The molecule has 1 rings (SSSR count). The van der Waals surface area contributed by atoms with E-state index in [-0.39, 0.29) is 17.7 Å². The number of hydrogen-bond acceptors (Lipinski definition) is 2. The number of halogens is 2. The maximum absolute atomic E-state index is 13.1. The third-order valence-electron chi connectivity index (χ3n) is 2.55. The monoisotopic (exact) mass is 245 g/mol. The van der Waals surface area contributed by atoms with Crippen LogP contribution in [-0.4, -0.2) is 17.8 Å². The van der Waals surface area contributed by atoms with Gasteiger partial charge in [-0.05, 0) is 30.5 Å². The Bertz CT molecular complexity index is 333. The van der Waals surface area contributed by atoms with E-state index in [4.69, 9.17) is 16.7 Å². The average molecular weight is 246 g/mol. The maximum Gasteiger partial charge on any atom is 0.142 e. The first-order chi connectivity index (χ1) is 7.67. The molecule has 2 N–H and O–H groups in total. The zero-order valence-electron chi connectivity index (χ0n) is 9.34. The van der Waals surface area contributed by atoms with Crippen molar-refractivity contribution in [2.45, 2.75) is 32.4 Å². The summed E-state index contributed by atoms with van der Waals surface area (Å²) in [6.45, 7) is 2.81. The van der Waals surface area contributed by atoms with Crippen LogP contribution in [0.3, 0.4) is 0 Å². The number of nitrogens with one attached hydrogen (secondary N) is 1. The fourth-order valence-corrected chi connectivity index (χ4v) is 1.64. The molecular weight excluding hydrogens is 229 g/mol. The molecule has 0 saturated heterocycles. The number of aliphatic hydroxyl groups excluding tert-OH is 1. The first-order valence-corrected chi connectivity index (χ1v) is 5.83. The SMILES string of the molecule is CCC(CCO)NCc1ccc(Cl)c(F)c1. The first-order valence-electron chi connectivity index (χ1n) is 5.45. The van der Waals surface area contributed by atoms with E-state index in [9.17, 15) is 4.39 Å². The average Bonchev–Trinajstić information content (AvgIpc) is 2.28. The van der Waals surface area contributed by atoms with Gasteiger partial charge in [0.2, 0.25) is 0 Å². The standard InChI is InChI=1S/C12H17ClFNO/c1-2-10(5-6-16)15-8-9-3-4-11(13)12(14)7-9/h3-4,7,10,15-16H,2,5-6,8H2,1H3. The molecule has 90 valence electrons. The molecule has 2 nitrogen and oxygen atoms in total. The van der Waals surface area contributed by atoms with Gasteiger partial charge in [-0.25, -0.2) is 4.39 Å². The van der Waals surface area contributed by atoms with E-state index >= 15 is 0 Å². The van der Waals surface area contributed by atoms with Crippen molar-refractivity contribution in [3.8, 4) is 0 Å². The van der Waals surface area contributed by atoms with Crippen LogP contribution in [-0.2, 0) is 6.54 Å². The van der Waals surface area contributed by atoms with Crippen molar-refractivity contribution < 1.29 is 9.50 Å². The van der Waals surface area contributed by atoms with Gasteiger partial charge in [0.05, 0.1) is 5.02 Å². The molecular formula is C12H17ClFNO. The summed E-state index contributed by atoms with van der Waals surface area (Å²) < 4.78 is 13.1. The molecule has 0 radical (unpaired) electrons. The molecule has 0 fully saturated rings. The lowest BCUT2D eigenvalue weighted by molar-refractivity contribution is 0.262. The maximum atomic E-state index is 13.1. The minimum absolute atomic E-state index is 0.145. The predicted octanol–water partition coefficient (Wildman–Crippen LogP) is 2.73. The molecule has 0 spiro atoms. The van der Waals surface area contributed by atoms with Gasteiger partial charge in [0.15, 0.2) is 0 Å². The molecule has 0 amide bonds. The summed E-state index contributed by atoms with van der Waals surface area (Å²) in [6.07, 6.45) is 1.66. The van der Waals surface area contributed by atoms with E-state index in [1.54, 1.807) is 12.1 Å². The molecule has 4 heteroatoms. The summed E-state index contributed by atoms with van der Waals surface area (Å²) in [4.78, 5) is 0. The second-order valence-electron chi connectivity index (χ2n) is 3.75. The minimum Gasteiger partial charge on any atom is -0.396 e. The van der Waals surface area contributed by atoms with Crippen molar-refractivity contribution in [3.05, 3.63) is 34.6 Å². The van der Waals surface area contributed by atoms with Gasteiger partial charge < -0.3 is 10.4 Å². The van der Waals surface area contributed by atoms with Crippen molar-refractivity contribution in [3.63, 3.8) is 0 Å². The third kappa shape index (κ3) is 4.08. The highest BCUT2D eigenvalue weighted by Crippen LogP contribution is 2.15. The number of rotatable bonds is 6. The van der Waals surface area contributed by atoms with Crippen molar-refractivity contribution in [1.82, 2.24) is 5.32 Å². The molecule has 0 aliphatic rings. The van der Waals surface area contributed by atoms with Crippen molar-refractivity contribution >= 4 is 11.6 Å². The molecule has 1 atom stereocenters. The van der Waals surface area contributed by atoms with Crippen molar-refractivity contribution in [2.24, 2.45) is 0 Å². The van der Waals surface area contributed by atoms with Crippen LogP contribution in [0.2, 0.25) is 5.02 Å². The third-order valence-corrected chi connectivity index (χ3v) is 2.86. The molecule has 1 aromatic rings. The summed E-state index contributed by atoms with van der Waals surface area (Å²) >= 11 is 5.59. The van der Waals surface area contributed by atoms with Crippen LogP contribution in [0.5, 0.6) is 0 Å². The van der Waals surface area contributed by atoms with E-state index in [2.05, 4.69) is 12.2 Å². The summed E-state index contributed by atoms with van der Waals surface area (Å²) in [5.41, 5.74) is 0.860. The van der Waals surface area contributed by atoms with E-state index in [1.165, 1.54) is 6.07 Å². The Morgan fingerprint density at radius 2 is 2.25 bits per heavy atom. The second-order valence-corrected chi connectivity index (χ2v) is 4.15. The summed E-state index contributed by atoms with van der Waals surface area (Å²) in [5.74, 6) is -0.392. The Balaban J connectivity index is 2.50. The molecule has 1 unspecified atom stereocenters. The van der Waals surface area contributed by atoms with Gasteiger partial charge in [0.25, 0.3) is 0 Å². The Morgan fingerprint density at radius 3 is 2.81 bits per heavy atom. The molecule has 0 saturated carbocycles. The highest BCUT2D eigenvalue weighted by molar-refractivity contribution is 6.30. The predicted molar refractivity (Wildman–Crippen MR) is 64.0 cm³/mol. The number of hydrogen-bond donors (Lipinski definition) is 2. The van der Waals surface area contributed by atoms with Crippen LogP contribution in [0.4, 0.5) is 4.39 Å². The Morgan fingerprint density at radius 1 is 1.50 bits per heavy atom. The molecule has 0 heterocycles. The van der Waals surface area contributed by atoms with Crippen LogP contribution >= 0.6 is 11.6 Å². The number of aliphatic hydroxyl groups is 1. The smallest absolute Gasteiger partial charge is 0.142 e. The lowest BCUT2D eigenvalue weighted by Crippen LogP contribution is -2.28. The molecule has 1 aromatic carbocycles. The van der Waals surface area contributed by atoms with Crippen LogP contribution < -0.4 is 5.32 Å². The zero-order chi connectivity index (χ0) is 12.0. The molecule has 0 aliphatic carbocycles. The second kappa shape index (κ2) is 6.84. The summed E-state index contributed by atoms with van der Waals surface area (Å²) in [5, 5.41) is 12.2. The molecule has 0 aromatic heterocycles. The van der Waals surface area contributed by atoms with Crippen LogP contribution in [0.1, 0.15) is 25.3 Å². The quantitative estimate of drug-likeness (QED) is 0.808. The minimum atomic E-state index is -0.392. The van der Waals surface area contributed by atoms with E-state index in [0.29, 0.717) is 13.0 Å². The van der Waals surface area contributed by atoms with Crippen LogP contribution in [0.25, 0.3) is 0 Å². The van der Waals surface area contributed by atoms with E-state index in [0.717, 1.165) is 12.0 Å². The van der Waals surface area contributed by atoms with E-state index < -0.39 is 5.82 Å². The zero-order valence-corrected chi connectivity index (χ0v) is 10.1. The molecule has 16 heavy (non-hydrogen) atoms. The lowest BCUT2D eigenvalue weighted by atomic mass is 10.1. The van der Waals surface area contributed by atoms with E-state index in [1.807, 2.05) is 0 Å². The highest BCUT2D eigenvalue weighted by Gasteiger charge is 2.06. The van der Waals surface area contributed by atoms with Gasteiger partial charge in [0, 0.05) is 19.2 Å². The van der Waals surface area contributed by atoms with Crippen molar-refractivity contribution in [1.29, 1.82) is 0 Å². The fourth-order valence-electron chi connectivity index (χ4n) is 1.52. The van der Waals surface area contributed by atoms with Crippen LogP contribution in [0.15, 0.2) is 18.2 Å².